The van der Waals surface area contributed by atoms with Gasteiger partial charge in [-0.25, -0.2) is 0 Å². The van der Waals surface area contributed by atoms with Crippen molar-refractivity contribution in [3.63, 3.8) is 0 Å². The molecule has 1 aromatic heterocycles. The van der Waals surface area contributed by atoms with E-state index in [0.717, 1.165) is 5.57 Å². The summed E-state index contributed by atoms with van der Waals surface area (Å²) in [6.45, 7) is 2.82. The van der Waals surface area contributed by atoms with Gasteiger partial charge >= 0.3 is 0 Å². The molecule has 0 saturated heterocycles. The fourth-order valence-corrected chi connectivity index (χ4v) is 1.76. The average molecular weight is 324 g/mol. The summed E-state index contributed by atoms with van der Waals surface area (Å²) in [6.07, 6.45) is 1.87. The first-order valence-corrected chi connectivity index (χ1v) is 6.93. The van der Waals surface area contributed by atoms with Gasteiger partial charge in [0, 0.05) is 19.7 Å². The molecular formula is C15H24N4O4. The van der Waals surface area contributed by atoms with Gasteiger partial charge in [0.2, 0.25) is 11.8 Å². The molecule has 0 saturated carbocycles. The molecule has 0 bridgehead atoms. The van der Waals surface area contributed by atoms with Gasteiger partial charge in [-0.1, -0.05) is 5.57 Å². The first kappa shape index (κ1) is 18.6. The van der Waals surface area contributed by atoms with E-state index in [2.05, 4.69) is 15.3 Å². The van der Waals surface area contributed by atoms with E-state index in [1.165, 1.54) is 7.11 Å². The molecule has 0 amide bonds. The lowest BCUT2D eigenvalue weighted by Crippen LogP contribution is -2.08. The average Bonchev–Trinajstić information content (AvgIpc) is 2.55. The molecule has 0 aromatic carbocycles. The zero-order valence-electron chi connectivity index (χ0n) is 14.2. The summed E-state index contributed by atoms with van der Waals surface area (Å²) in [5, 5.41) is 3.15. The Morgan fingerprint density at radius 1 is 1.22 bits per heavy atom. The Morgan fingerprint density at radius 3 is 2.52 bits per heavy atom. The number of hydrogen-bond donors (Lipinski definition) is 2. The van der Waals surface area contributed by atoms with Gasteiger partial charge in [0.1, 0.15) is 12.4 Å². The Hall–Kier alpha value is -2.48. The molecule has 0 fully saturated rings. The van der Waals surface area contributed by atoms with Crippen LogP contribution >= 0.6 is 0 Å². The van der Waals surface area contributed by atoms with Crippen molar-refractivity contribution >= 4 is 11.8 Å². The highest BCUT2D eigenvalue weighted by molar-refractivity contribution is 5.44. The van der Waals surface area contributed by atoms with Gasteiger partial charge in [0.15, 0.2) is 11.5 Å². The summed E-state index contributed by atoms with van der Waals surface area (Å²) in [5.41, 5.74) is 6.62. The lowest BCUT2D eigenvalue weighted by atomic mass is 10.2. The van der Waals surface area contributed by atoms with Crippen LogP contribution in [0.3, 0.4) is 0 Å². The second-order valence-corrected chi connectivity index (χ2v) is 4.63. The van der Waals surface area contributed by atoms with Crippen molar-refractivity contribution in [2.24, 2.45) is 0 Å². The van der Waals surface area contributed by atoms with Gasteiger partial charge in [-0.15, -0.1) is 0 Å². The van der Waals surface area contributed by atoms with E-state index < -0.39 is 0 Å². The van der Waals surface area contributed by atoms with Crippen LogP contribution in [0, 0.1) is 0 Å². The summed E-state index contributed by atoms with van der Waals surface area (Å²) in [4.78, 5) is 8.02. The quantitative estimate of drug-likeness (QED) is 0.521. The zero-order valence-corrected chi connectivity index (χ0v) is 14.2. The van der Waals surface area contributed by atoms with Crippen molar-refractivity contribution in [3.05, 3.63) is 29.2 Å². The standard InChI is InChI=1S/C15H24N4O4/c1-10(6-11(21-3)12(22-4)9-20-2)8-17-13-7-14(23-5)19-15(16)18-13/h6-7H,8-9H2,1-5H3,(H3,16,17,18,19). The van der Waals surface area contributed by atoms with Crippen LogP contribution in [0.1, 0.15) is 6.92 Å². The molecule has 23 heavy (non-hydrogen) atoms. The third-order valence-corrected chi connectivity index (χ3v) is 2.87. The predicted octanol–water partition coefficient (Wildman–Crippen LogP) is 1.58. The van der Waals surface area contributed by atoms with Gasteiger partial charge in [0.25, 0.3) is 0 Å². The van der Waals surface area contributed by atoms with Gasteiger partial charge in [0.05, 0.1) is 21.3 Å². The fraction of sp³-hybridized carbons (Fsp3) is 0.467. The Kier molecular flexibility index (Phi) is 7.69. The van der Waals surface area contributed by atoms with Crippen molar-refractivity contribution in [2.45, 2.75) is 6.92 Å². The number of rotatable bonds is 9. The number of anilines is 2. The highest BCUT2D eigenvalue weighted by atomic mass is 16.5. The van der Waals surface area contributed by atoms with E-state index in [4.69, 9.17) is 24.7 Å². The minimum Gasteiger partial charge on any atom is -0.495 e. The largest absolute Gasteiger partial charge is 0.495 e. The third-order valence-electron chi connectivity index (χ3n) is 2.87. The smallest absolute Gasteiger partial charge is 0.225 e. The third kappa shape index (κ3) is 6.03. The summed E-state index contributed by atoms with van der Waals surface area (Å²) >= 11 is 0. The molecule has 1 heterocycles. The van der Waals surface area contributed by atoms with E-state index in [9.17, 15) is 0 Å². The number of nitrogens with zero attached hydrogens (tertiary/aromatic N) is 2. The van der Waals surface area contributed by atoms with Gasteiger partial charge < -0.3 is 30.0 Å². The number of nitrogens with two attached hydrogens (primary N) is 1. The Balaban J connectivity index is 2.81. The zero-order chi connectivity index (χ0) is 17.2. The summed E-state index contributed by atoms with van der Waals surface area (Å²) in [6, 6.07) is 1.67. The van der Waals surface area contributed by atoms with Crippen LogP contribution in [0.25, 0.3) is 0 Å². The second-order valence-electron chi connectivity index (χ2n) is 4.63. The molecule has 0 radical (unpaired) electrons. The Morgan fingerprint density at radius 2 is 1.96 bits per heavy atom. The molecule has 128 valence electrons. The molecule has 1 aromatic rings. The summed E-state index contributed by atoms with van der Waals surface area (Å²) < 4.78 is 20.7. The van der Waals surface area contributed by atoms with Gasteiger partial charge in [-0.3, -0.25) is 0 Å². The highest BCUT2D eigenvalue weighted by Crippen LogP contribution is 2.15. The van der Waals surface area contributed by atoms with Crippen LogP contribution in [0.15, 0.2) is 29.2 Å². The van der Waals surface area contributed by atoms with E-state index >= 15 is 0 Å². The number of nitrogens with one attached hydrogen (secondary N) is 1. The first-order valence-electron chi connectivity index (χ1n) is 6.93. The Bertz CT molecular complexity index is 573. The minimum absolute atomic E-state index is 0.146. The lowest BCUT2D eigenvalue weighted by molar-refractivity contribution is 0.141. The molecule has 0 aliphatic carbocycles. The normalized spacial score (nSPS) is 12.5. The van der Waals surface area contributed by atoms with E-state index in [-0.39, 0.29) is 5.95 Å². The topological polar surface area (TPSA) is 101 Å². The Labute approximate surface area is 136 Å². The number of ether oxygens (including phenoxy) is 4. The van der Waals surface area contributed by atoms with E-state index in [1.54, 1.807) is 27.4 Å². The van der Waals surface area contributed by atoms with Crippen molar-refractivity contribution in [1.29, 1.82) is 0 Å². The molecule has 3 N–H and O–H groups in total. The van der Waals surface area contributed by atoms with Crippen molar-refractivity contribution in [2.75, 3.05) is 52.6 Å². The first-order chi connectivity index (χ1) is 11.0. The van der Waals surface area contributed by atoms with Crippen molar-refractivity contribution in [3.8, 4) is 5.88 Å². The van der Waals surface area contributed by atoms with Crippen LogP contribution in [-0.4, -0.2) is 51.6 Å². The molecule has 8 nitrogen and oxygen atoms in total. The number of aromatic nitrogens is 2. The van der Waals surface area contributed by atoms with E-state index in [1.807, 2.05) is 13.0 Å². The lowest BCUT2D eigenvalue weighted by Gasteiger charge is -2.12. The maximum absolute atomic E-state index is 5.62. The number of nitrogen functional groups attached to an aromatic ring is 1. The van der Waals surface area contributed by atoms with Crippen LogP contribution in [0.4, 0.5) is 11.8 Å². The summed E-state index contributed by atoms with van der Waals surface area (Å²) in [7, 11) is 6.27. The van der Waals surface area contributed by atoms with Crippen LogP contribution < -0.4 is 15.8 Å². The van der Waals surface area contributed by atoms with Crippen molar-refractivity contribution < 1.29 is 18.9 Å². The predicted molar refractivity (Wildman–Crippen MR) is 88.2 cm³/mol. The van der Waals surface area contributed by atoms with Crippen molar-refractivity contribution in [1.82, 2.24) is 9.97 Å². The molecular weight excluding hydrogens is 300 g/mol. The molecule has 0 atom stereocenters. The molecule has 8 heteroatoms. The minimum atomic E-state index is 0.146. The second kappa shape index (κ2) is 9.52. The number of hydrogen-bond acceptors (Lipinski definition) is 8. The SMILES string of the molecule is COCC(OC)=C(C=C(C)CNc1cc(OC)nc(N)n1)OC. The molecule has 1 rings (SSSR count). The maximum Gasteiger partial charge on any atom is 0.225 e. The van der Waals surface area contributed by atoms with Crippen LogP contribution in [0.2, 0.25) is 0 Å². The monoisotopic (exact) mass is 324 g/mol. The van der Waals surface area contributed by atoms with Crippen LogP contribution in [0.5, 0.6) is 5.88 Å². The maximum atomic E-state index is 5.62. The molecule has 0 aliphatic rings. The van der Waals surface area contributed by atoms with Crippen LogP contribution in [-0.2, 0) is 14.2 Å². The molecule has 0 unspecified atom stereocenters. The van der Waals surface area contributed by atoms with Gasteiger partial charge in [-0.05, 0) is 13.0 Å². The highest BCUT2D eigenvalue weighted by Gasteiger charge is 2.07. The molecule has 0 aliphatic heterocycles. The van der Waals surface area contributed by atoms with E-state index in [0.29, 0.717) is 36.4 Å². The summed E-state index contributed by atoms with van der Waals surface area (Å²) in [5.74, 6) is 2.35. The van der Waals surface area contributed by atoms with Gasteiger partial charge in [-0.2, -0.15) is 9.97 Å². The fourth-order valence-electron chi connectivity index (χ4n) is 1.76. The molecule has 0 spiro atoms. The number of methoxy groups -OCH3 is 4. The number of allylic oxidation sites excluding steroid dienone is 1.